The maximum atomic E-state index is 8.89. The SMILES string of the molecule is CC(=O)[O-].CC(=O)[O-].CC(=O)[O-].NCCNCCN.[Fe+2].[Na+]. The van der Waals surface area contributed by atoms with Crippen LogP contribution in [0.1, 0.15) is 20.8 Å². The molecule has 0 aliphatic heterocycles. The molecule has 0 unspecified atom stereocenters. The van der Waals surface area contributed by atoms with Crippen molar-refractivity contribution in [2.24, 2.45) is 11.5 Å². The van der Waals surface area contributed by atoms with Gasteiger partial charge in [-0.15, -0.1) is 0 Å². The van der Waals surface area contributed by atoms with E-state index in [0.717, 1.165) is 33.9 Å². The van der Waals surface area contributed by atoms with Crippen LogP contribution >= 0.6 is 0 Å². The normalized spacial score (nSPS) is 6.71. The van der Waals surface area contributed by atoms with Crippen LogP contribution in [-0.2, 0) is 31.5 Å². The maximum absolute atomic E-state index is 8.89. The summed E-state index contributed by atoms with van der Waals surface area (Å²) in [7, 11) is 0. The van der Waals surface area contributed by atoms with Crippen molar-refractivity contribution >= 4 is 17.9 Å². The van der Waals surface area contributed by atoms with Crippen LogP contribution in [-0.4, -0.2) is 44.1 Å². The van der Waals surface area contributed by atoms with Crippen molar-refractivity contribution in [1.82, 2.24) is 5.32 Å². The molecule has 0 aromatic heterocycles. The number of nitrogens with one attached hydrogen (secondary N) is 1. The second-order valence-electron chi connectivity index (χ2n) is 2.80. The number of carboxylic acid groups (broad SMARTS) is 3. The summed E-state index contributed by atoms with van der Waals surface area (Å²) >= 11 is 0. The molecule has 0 radical (unpaired) electrons. The van der Waals surface area contributed by atoms with Crippen LogP contribution in [0.15, 0.2) is 0 Å². The predicted octanol–water partition coefficient (Wildman–Crippen LogP) is -8.24. The Labute approximate surface area is 157 Å². The molecule has 21 heavy (non-hydrogen) atoms. The topological polar surface area (TPSA) is 184 Å². The van der Waals surface area contributed by atoms with Crippen molar-refractivity contribution in [3.05, 3.63) is 0 Å². The molecule has 0 atom stereocenters. The van der Waals surface area contributed by atoms with Gasteiger partial charge in [0.25, 0.3) is 0 Å². The van der Waals surface area contributed by atoms with Gasteiger partial charge in [0.2, 0.25) is 0 Å². The molecule has 9 nitrogen and oxygen atoms in total. The minimum Gasteiger partial charge on any atom is -0.550 e. The van der Waals surface area contributed by atoms with Crippen molar-refractivity contribution in [1.29, 1.82) is 0 Å². The van der Waals surface area contributed by atoms with Crippen molar-refractivity contribution in [3.63, 3.8) is 0 Å². The monoisotopic (exact) mass is 359 g/mol. The fourth-order valence-electron chi connectivity index (χ4n) is 0.329. The third kappa shape index (κ3) is 433. The van der Waals surface area contributed by atoms with E-state index in [0.29, 0.717) is 13.1 Å². The van der Waals surface area contributed by atoms with E-state index >= 15 is 0 Å². The number of nitrogens with two attached hydrogens (primary N) is 2. The van der Waals surface area contributed by atoms with Crippen LogP contribution in [0.25, 0.3) is 0 Å². The molecule has 0 fully saturated rings. The van der Waals surface area contributed by atoms with E-state index in [4.69, 9.17) is 41.2 Å². The van der Waals surface area contributed by atoms with Gasteiger partial charge in [-0.25, -0.2) is 0 Å². The summed E-state index contributed by atoms with van der Waals surface area (Å²) in [5.74, 6) is -3.25. The van der Waals surface area contributed by atoms with Gasteiger partial charge in [-0.05, 0) is 20.8 Å². The van der Waals surface area contributed by atoms with Crippen molar-refractivity contribution < 1.29 is 76.3 Å². The number of hydrogen-bond acceptors (Lipinski definition) is 9. The van der Waals surface area contributed by atoms with Gasteiger partial charge in [-0.2, -0.15) is 0 Å². The molecule has 0 heterocycles. The zero-order valence-electron chi connectivity index (χ0n) is 12.8. The van der Waals surface area contributed by atoms with Gasteiger partial charge < -0.3 is 46.5 Å². The minimum atomic E-state index is -1.08. The molecule has 0 spiro atoms. The molecule has 0 aromatic rings. The van der Waals surface area contributed by atoms with Crippen LogP contribution < -0.4 is 61.7 Å². The number of aliphatic carboxylic acids is 3. The fourth-order valence-corrected chi connectivity index (χ4v) is 0.329. The average Bonchev–Trinajstić information content (AvgIpc) is 2.15. The van der Waals surface area contributed by atoms with Crippen molar-refractivity contribution in [2.75, 3.05) is 26.2 Å². The summed E-state index contributed by atoms with van der Waals surface area (Å²) in [6, 6.07) is 0. The Morgan fingerprint density at radius 3 is 1.05 bits per heavy atom. The number of hydrogen-bond donors (Lipinski definition) is 3. The quantitative estimate of drug-likeness (QED) is 0.324. The standard InChI is InChI=1S/C4H13N3.3C2H4O2.Fe.Na/c5-1-3-7-4-2-6;3*1-2(3)4;;/h7H,1-6H2;3*1H3,(H,3,4);;/q;;;;+2;+1/p-3. The first-order valence-corrected chi connectivity index (χ1v) is 5.25. The van der Waals surface area contributed by atoms with Crippen LogP contribution in [0.3, 0.4) is 0 Å². The summed E-state index contributed by atoms with van der Waals surface area (Å²) in [5.41, 5.74) is 10.3. The molecule has 0 aromatic carbocycles. The summed E-state index contributed by atoms with van der Waals surface area (Å²) in [6.07, 6.45) is 0. The molecule has 0 bridgehead atoms. The largest absolute Gasteiger partial charge is 2.00 e. The maximum Gasteiger partial charge on any atom is 2.00 e. The third-order valence-corrected chi connectivity index (χ3v) is 0.642. The van der Waals surface area contributed by atoms with Gasteiger partial charge in [0.05, 0.1) is 0 Å². The molecule has 122 valence electrons. The molecule has 0 aliphatic rings. The van der Waals surface area contributed by atoms with E-state index in [2.05, 4.69) is 5.32 Å². The molecule has 5 N–H and O–H groups in total. The summed E-state index contributed by atoms with van der Waals surface area (Å²) in [4.78, 5) is 26.7. The molecule has 0 rings (SSSR count). The number of rotatable bonds is 4. The first-order valence-electron chi connectivity index (χ1n) is 5.25. The first-order chi connectivity index (χ1) is 8.61. The van der Waals surface area contributed by atoms with Crippen LogP contribution in [0.2, 0.25) is 0 Å². The zero-order chi connectivity index (χ0) is 16.3. The Hall–Kier alpha value is -0.191. The Morgan fingerprint density at radius 2 is 0.952 bits per heavy atom. The summed E-state index contributed by atoms with van der Waals surface area (Å²) in [6.45, 7) is 6.05. The molecular formula is C10H22FeN3NaO6. The fraction of sp³-hybridized carbons (Fsp3) is 0.700. The predicted molar refractivity (Wildman–Crippen MR) is 63.0 cm³/mol. The van der Waals surface area contributed by atoms with E-state index in [9.17, 15) is 0 Å². The number of carbonyl (C=O) groups is 3. The van der Waals surface area contributed by atoms with E-state index in [1.807, 2.05) is 0 Å². The number of carbonyl (C=O) groups excluding carboxylic acids is 3. The van der Waals surface area contributed by atoms with Crippen LogP contribution in [0, 0.1) is 0 Å². The Bertz CT molecular complexity index is 190. The van der Waals surface area contributed by atoms with Crippen LogP contribution in [0.4, 0.5) is 0 Å². The van der Waals surface area contributed by atoms with E-state index < -0.39 is 17.9 Å². The molecule has 0 amide bonds. The van der Waals surface area contributed by atoms with Gasteiger partial charge in [0.15, 0.2) is 0 Å². The first kappa shape index (κ1) is 37.2. The molecule has 0 saturated heterocycles. The van der Waals surface area contributed by atoms with Gasteiger partial charge in [0.1, 0.15) is 0 Å². The van der Waals surface area contributed by atoms with E-state index in [-0.39, 0.29) is 46.6 Å². The van der Waals surface area contributed by atoms with Gasteiger partial charge in [0, 0.05) is 44.1 Å². The van der Waals surface area contributed by atoms with Gasteiger partial charge >= 0.3 is 46.6 Å². The zero-order valence-corrected chi connectivity index (χ0v) is 15.9. The average molecular weight is 359 g/mol. The second kappa shape index (κ2) is 36.8. The van der Waals surface area contributed by atoms with Gasteiger partial charge in [-0.3, -0.25) is 0 Å². The van der Waals surface area contributed by atoms with Crippen molar-refractivity contribution in [3.8, 4) is 0 Å². The van der Waals surface area contributed by atoms with Crippen LogP contribution in [0.5, 0.6) is 0 Å². The van der Waals surface area contributed by atoms with Gasteiger partial charge in [-0.1, -0.05) is 0 Å². The Balaban J connectivity index is -0.0000000359. The summed E-state index contributed by atoms with van der Waals surface area (Å²) in [5, 5.41) is 29.7. The summed E-state index contributed by atoms with van der Waals surface area (Å²) < 4.78 is 0. The molecular weight excluding hydrogens is 337 g/mol. The Kier molecular flexibility index (Phi) is 65.2. The third-order valence-electron chi connectivity index (χ3n) is 0.642. The van der Waals surface area contributed by atoms with Crippen molar-refractivity contribution in [2.45, 2.75) is 20.8 Å². The number of carboxylic acids is 3. The molecule has 0 aliphatic carbocycles. The molecule has 11 heteroatoms. The van der Waals surface area contributed by atoms with E-state index in [1.165, 1.54) is 0 Å². The Morgan fingerprint density at radius 1 is 0.810 bits per heavy atom. The minimum absolute atomic E-state index is 0. The molecule has 0 saturated carbocycles. The second-order valence-corrected chi connectivity index (χ2v) is 2.80. The van der Waals surface area contributed by atoms with E-state index in [1.54, 1.807) is 0 Å². The smallest absolute Gasteiger partial charge is 0.550 e.